The number of carbonyl (C=O) groups is 1. The normalized spacial score (nSPS) is 10.9. The largest absolute Gasteiger partial charge is 0.465 e. The van der Waals surface area contributed by atoms with E-state index in [1.807, 2.05) is 0 Å². The van der Waals surface area contributed by atoms with Crippen LogP contribution in [0.25, 0.3) is 22.3 Å². The molecule has 3 aromatic rings. The number of nitrogens with two attached hydrogens (primary N) is 1. The number of ether oxygens (including phenoxy) is 1. The van der Waals surface area contributed by atoms with Crippen LogP contribution in [0.2, 0.25) is 0 Å². The fourth-order valence-corrected chi connectivity index (χ4v) is 2.63. The van der Waals surface area contributed by atoms with E-state index < -0.39 is 52.1 Å². The van der Waals surface area contributed by atoms with Crippen molar-refractivity contribution in [2.24, 2.45) is 0 Å². The first kappa shape index (κ1) is 19.3. The van der Waals surface area contributed by atoms with E-state index in [2.05, 4.69) is 5.32 Å². The molecule has 0 aliphatic heterocycles. The number of hydrogen-bond donors (Lipinski definition) is 2. The first-order valence-electron chi connectivity index (χ1n) is 8.22. The number of esters is 1. The molecular formula is C19H15F3N2O4. The predicted octanol–water partition coefficient (Wildman–Crippen LogP) is 3.43. The molecule has 0 unspecified atom stereocenters. The fraction of sp³-hybridized carbons (Fsp3) is 0.158. The molecule has 3 N–H and O–H groups in total. The van der Waals surface area contributed by atoms with E-state index in [1.54, 1.807) is 6.92 Å². The number of nitrogens with one attached hydrogen (secondary N) is 1. The van der Waals surface area contributed by atoms with Gasteiger partial charge in [-0.3, -0.25) is 9.59 Å². The highest BCUT2D eigenvalue weighted by Gasteiger charge is 2.20. The molecule has 3 rings (SSSR count). The highest BCUT2D eigenvalue weighted by Crippen LogP contribution is 2.31. The second-order valence-corrected chi connectivity index (χ2v) is 5.79. The van der Waals surface area contributed by atoms with Crippen molar-refractivity contribution in [3.63, 3.8) is 0 Å². The van der Waals surface area contributed by atoms with Gasteiger partial charge in [0.25, 0.3) is 0 Å². The van der Waals surface area contributed by atoms with Gasteiger partial charge in [0.15, 0.2) is 16.8 Å². The number of benzene rings is 2. The highest BCUT2D eigenvalue weighted by atomic mass is 19.1. The third-order valence-corrected chi connectivity index (χ3v) is 3.91. The fourth-order valence-electron chi connectivity index (χ4n) is 2.63. The van der Waals surface area contributed by atoms with E-state index in [1.165, 1.54) is 12.1 Å². The van der Waals surface area contributed by atoms with Gasteiger partial charge in [-0.25, -0.2) is 13.2 Å². The van der Waals surface area contributed by atoms with Crippen LogP contribution < -0.4 is 16.5 Å². The lowest BCUT2D eigenvalue weighted by molar-refractivity contribution is -0.140. The molecule has 0 saturated heterocycles. The van der Waals surface area contributed by atoms with Gasteiger partial charge in [-0.2, -0.15) is 0 Å². The van der Waals surface area contributed by atoms with E-state index in [9.17, 15) is 22.8 Å². The standard InChI is InChI=1S/C19H15F3N2O4/c1-2-27-16(26)8-24-18-11(21)6-12(22)19-17(18)14(25)7-15(28-19)9-3-4-13(23)10(20)5-9/h3-7,24H,2,8,23H2,1H3. The number of nitrogen functional groups attached to an aromatic ring is 1. The summed E-state index contributed by atoms with van der Waals surface area (Å²) >= 11 is 0. The molecule has 0 aliphatic carbocycles. The molecule has 0 spiro atoms. The van der Waals surface area contributed by atoms with Crippen molar-refractivity contribution >= 4 is 28.3 Å². The number of carbonyl (C=O) groups excluding carboxylic acids is 1. The number of halogens is 3. The Kier molecular flexibility index (Phi) is 5.25. The second-order valence-electron chi connectivity index (χ2n) is 5.79. The van der Waals surface area contributed by atoms with Gasteiger partial charge in [0.05, 0.1) is 23.4 Å². The minimum Gasteiger partial charge on any atom is -0.465 e. The van der Waals surface area contributed by atoms with Crippen molar-refractivity contribution in [2.45, 2.75) is 6.92 Å². The van der Waals surface area contributed by atoms with E-state index >= 15 is 0 Å². The molecule has 0 radical (unpaired) electrons. The Hall–Kier alpha value is -3.49. The van der Waals surface area contributed by atoms with Crippen LogP contribution in [0.3, 0.4) is 0 Å². The quantitative estimate of drug-likeness (QED) is 0.510. The molecule has 9 heteroatoms. The summed E-state index contributed by atoms with van der Waals surface area (Å²) in [6.45, 7) is 1.29. The second kappa shape index (κ2) is 7.63. The summed E-state index contributed by atoms with van der Waals surface area (Å²) in [6, 6.07) is 5.18. The maximum atomic E-state index is 14.3. The van der Waals surface area contributed by atoms with Crippen molar-refractivity contribution in [3.05, 3.63) is 58.0 Å². The molecule has 1 aromatic heterocycles. The van der Waals surface area contributed by atoms with Crippen LogP contribution in [-0.2, 0) is 9.53 Å². The van der Waals surface area contributed by atoms with Crippen LogP contribution in [0.1, 0.15) is 6.92 Å². The number of hydrogen-bond acceptors (Lipinski definition) is 6. The number of rotatable bonds is 5. The first-order valence-corrected chi connectivity index (χ1v) is 8.22. The highest BCUT2D eigenvalue weighted by molar-refractivity contribution is 5.93. The van der Waals surface area contributed by atoms with E-state index in [0.717, 1.165) is 12.1 Å². The molecule has 0 atom stereocenters. The summed E-state index contributed by atoms with van der Waals surface area (Å²) in [4.78, 5) is 24.0. The van der Waals surface area contributed by atoms with Crippen molar-refractivity contribution < 1.29 is 27.1 Å². The van der Waals surface area contributed by atoms with Crippen molar-refractivity contribution in [1.82, 2.24) is 0 Å². The average Bonchev–Trinajstić information content (AvgIpc) is 2.64. The molecule has 6 nitrogen and oxygen atoms in total. The predicted molar refractivity (Wildman–Crippen MR) is 97.3 cm³/mol. The Morgan fingerprint density at radius 2 is 1.89 bits per heavy atom. The molecule has 0 amide bonds. The molecule has 0 aliphatic rings. The lowest BCUT2D eigenvalue weighted by Crippen LogP contribution is -2.19. The molecule has 28 heavy (non-hydrogen) atoms. The van der Waals surface area contributed by atoms with E-state index in [-0.39, 0.29) is 23.6 Å². The minimum absolute atomic E-state index is 0.106. The SMILES string of the molecule is CCOC(=O)CNc1c(F)cc(F)c2oc(-c3ccc(N)c(F)c3)cc(=O)c12. The summed E-state index contributed by atoms with van der Waals surface area (Å²) in [6.07, 6.45) is 0. The van der Waals surface area contributed by atoms with Crippen molar-refractivity contribution in [1.29, 1.82) is 0 Å². The Balaban J connectivity index is 2.13. The Morgan fingerprint density at radius 1 is 1.14 bits per heavy atom. The van der Waals surface area contributed by atoms with Crippen LogP contribution >= 0.6 is 0 Å². The van der Waals surface area contributed by atoms with Gasteiger partial charge < -0.3 is 20.2 Å². The van der Waals surface area contributed by atoms with Crippen LogP contribution in [0.15, 0.2) is 39.5 Å². The average molecular weight is 392 g/mol. The summed E-state index contributed by atoms with van der Waals surface area (Å²) in [5, 5.41) is 2.02. The molecular weight excluding hydrogens is 377 g/mol. The topological polar surface area (TPSA) is 94.6 Å². The van der Waals surface area contributed by atoms with Gasteiger partial charge in [0.1, 0.15) is 23.9 Å². The van der Waals surface area contributed by atoms with Crippen molar-refractivity contribution in [2.75, 3.05) is 24.2 Å². The van der Waals surface area contributed by atoms with Gasteiger partial charge >= 0.3 is 5.97 Å². The van der Waals surface area contributed by atoms with Crippen LogP contribution in [-0.4, -0.2) is 19.1 Å². The summed E-state index contributed by atoms with van der Waals surface area (Å²) in [7, 11) is 0. The minimum atomic E-state index is -1.12. The van der Waals surface area contributed by atoms with Gasteiger partial charge in [-0.05, 0) is 25.1 Å². The lowest BCUT2D eigenvalue weighted by atomic mass is 10.1. The molecule has 0 fully saturated rings. The maximum absolute atomic E-state index is 14.3. The summed E-state index contributed by atoms with van der Waals surface area (Å²) in [5.74, 6) is -3.75. The third-order valence-electron chi connectivity index (χ3n) is 3.91. The third kappa shape index (κ3) is 3.64. The van der Waals surface area contributed by atoms with Crippen molar-refractivity contribution in [3.8, 4) is 11.3 Å². The molecule has 146 valence electrons. The van der Waals surface area contributed by atoms with Gasteiger partial charge in [-0.1, -0.05) is 0 Å². The van der Waals surface area contributed by atoms with Crippen LogP contribution in [0.5, 0.6) is 0 Å². The number of anilines is 2. The zero-order valence-corrected chi connectivity index (χ0v) is 14.6. The Morgan fingerprint density at radius 3 is 2.57 bits per heavy atom. The smallest absolute Gasteiger partial charge is 0.325 e. The molecule has 2 aromatic carbocycles. The van der Waals surface area contributed by atoms with E-state index in [4.69, 9.17) is 14.9 Å². The Bertz CT molecular complexity index is 1130. The van der Waals surface area contributed by atoms with Gasteiger partial charge in [0, 0.05) is 17.7 Å². The molecule has 1 heterocycles. The zero-order chi connectivity index (χ0) is 20.4. The summed E-state index contributed by atoms with van der Waals surface area (Å²) < 4.78 is 52.3. The van der Waals surface area contributed by atoms with E-state index in [0.29, 0.717) is 6.07 Å². The monoisotopic (exact) mass is 392 g/mol. The molecule has 0 bridgehead atoms. The zero-order valence-electron chi connectivity index (χ0n) is 14.6. The lowest BCUT2D eigenvalue weighted by Gasteiger charge is -2.11. The number of fused-ring (bicyclic) bond motifs is 1. The Labute approximate surface area is 156 Å². The summed E-state index contributed by atoms with van der Waals surface area (Å²) in [5.41, 5.74) is 3.75. The van der Waals surface area contributed by atoms with Crippen LogP contribution in [0, 0.1) is 17.5 Å². The first-order chi connectivity index (χ1) is 13.3. The maximum Gasteiger partial charge on any atom is 0.325 e. The van der Waals surface area contributed by atoms with Gasteiger partial charge in [0.2, 0.25) is 0 Å². The van der Waals surface area contributed by atoms with Crippen LogP contribution in [0.4, 0.5) is 24.5 Å². The molecule has 0 saturated carbocycles. The van der Waals surface area contributed by atoms with Gasteiger partial charge in [-0.15, -0.1) is 0 Å².